The predicted octanol–water partition coefficient (Wildman–Crippen LogP) is 1.39. The van der Waals surface area contributed by atoms with Crippen LogP contribution in [-0.2, 0) is 4.79 Å². The maximum Gasteiger partial charge on any atom is 0.251 e. The van der Waals surface area contributed by atoms with Crippen molar-refractivity contribution >= 4 is 23.9 Å². The van der Waals surface area contributed by atoms with Gasteiger partial charge in [-0.1, -0.05) is 30.3 Å². The number of fused-ring (bicyclic) bond motifs is 1. The van der Waals surface area contributed by atoms with E-state index in [0.717, 1.165) is 17.9 Å². The molecule has 0 aliphatic carbocycles. The maximum absolute atomic E-state index is 11.7. The number of carbonyl (C=O) groups is 1. The lowest BCUT2D eigenvalue weighted by molar-refractivity contribution is -0.142. The highest BCUT2D eigenvalue weighted by atomic mass is 32.2. The molecule has 1 aromatic carbocycles. The van der Waals surface area contributed by atoms with Crippen molar-refractivity contribution in [3.63, 3.8) is 0 Å². The van der Waals surface area contributed by atoms with Crippen LogP contribution >= 0.6 is 11.8 Å². The van der Waals surface area contributed by atoms with E-state index in [-0.39, 0.29) is 11.9 Å². The van der Waals surface area contributed by atoms with Crippen molar-refractivity contribution in [3.8, 4) is 0 Å². The summed E-state index contributed by atoms with van der Waals surface area (Å²) in [5, 5.41) is 0.299. The van der Waals surface area contributed by atoms with Gasteiger partial charge >= 0.3 is 0 Å². The third-order valence-electron chi connectivity index (χ3n) is 2.92. The zero-order chi connectivity index (χ0) is 11.0. The van der Waals surface area contributed by atoms with Crippen molar-refractivity contribution < 1.29 is 4.79 Å². The first kappa shape index (κ1) is 9.90. The quantitative estimate of drug-likeness (QED) is 0.570. The minimum Gasteiger partial charge on any atom is -0.325 e. The number of β-lactam (4-membered cyclic amide) rings is 1. The van der Waals surface area contributed by atoms with Crippen LogP contribution in [-0.4, -0.2) is 40.7 Å². The first-order valence-electron chi connectivity index (χ1n) is 5.36. The summed E-state index contributed by atoms with van der Waals surface area (Å²) >= 11 is 1.83. The molecule has 82 valence electrons. The Morgan fingerprint density at radius 1 is 1.38 bits per heavy atom. The molecule has 0 radical (unpaired) electrons. The van der Waals surface area contributed by atoms with Gasteiger partial charge in [-0.15, -0.1) is 11.8 Å². The third kappa shape index (κ3) is 1.53. The van der Waals surface area contributed by atoms with Crippen molar-refractivity contribution in [1.29, 1.82) is 0 Å². The molecule has 2 aliphatic rings. The molecular weight excluding hydrogens is 220 g/mol. The lowest BCUT2D eigenvalue weighted by Gasteiger charge is -2.39. The number of hydrogen-bond donors (Lipinski definition) is 0. The van der Waals surface area contributed by atoms with E-state index in [0.29, 0.717) is 5.37 Å². The second kappa shape index (κ2) is 3.94. The Morgan fingerprint density at radius 3 is 3.00 bits per heavy atom. The Labute approximate surface area is 98.5 Å². The molecule has 2 fully saturated rings. The minimum absolute atomic E-state index is 0.146. The van der Waals surface area contributed by atoms with Crippen LogP contribution in [0.4, 0.5) is 0 Å². The summed E-state index contributed by atoms with van der Waals surface area (Å²) in [5.74, 6) is 1.23. The molecule has 4 heteroatoms. The van der Waals surface area contributed by atoms with E-state index >= 15 is 0 Å². The van der Waals surface area contributed by atoms with E-state index < -0.39 is 0 Å². The van der Waals surface area contributed by atoms with Gasteiger partial charge in [-0.3, -0.25) is 9.79 Å². The summed E-state index contributed by atoms with van der Waals surface area (Å²) in [5.41, 5.74) is 1.05. The Kier molecular flexibility index (Phi) is 2.44. The van der Waals surface area contributed by atoms with Gasteiger partial charge in [-0.2, -0.15) is 0 Å². The number of rotatable bonds is 2. The molecule has 3 rings (SSSR count). The number of nitrogens with zero attached hydrogens (tertiary/aromatic N) is 2. The van der Waals surface area contributed by atoms with Crippen LogP contribution in [0.25, 0.3) is 0 Å². The Morgan fingerprint density at radius 2 is 2.19 bits per heavy atom. The Balaban J connectivity index is 1.72. The molecule has 2 atom stereocenters. The van der Waals surface area contributed by atoms with E-state index in [1.54, 1.807) is 6.21 Å². The molecule has 2 saturated heterocycles. The standard InChI is InChI=1S/C12H12N2OS/c15-11-10(12-14(11)6-7-16-12)13-8-9-4-2-1-3-5-9/h1-5,8,10,12H,6-7H2/t10?,12-/m0/s1. The van der Waals surface area contributed by atoms with Crippen LogP contribution in [0.1, 0.15) is 5.56 Å². The lowest BCUT2D eigenvalue weighted by Crippen LogP contribution is -2.59. The lowest BCUT2D eigenvalue weighted by atomic mass is 10.1. The average Bonchev–Trinajstić information content (AvgIpc) is 2.75. The number of aliphatic imine (C=N–C) groups is 1. The number of carbonyl (C=O) groups excluding carboxylic acids is 1. The van der Waals surface area contributed by atoms with Crippen LogP contribution in [0.3, 0.4) is 0 Å². The molecule has 0 bridgehead atoms. The number of hydrogen-bond acceptors (Lipinski definition) is 3. The molecule has 0 spiro atoms. The van der Waals surface area contributed by atoms with Gasteiger partial charge in [-0.05, 0) is 5.56 Å². The highest BCUT2D eigenvalue weighted by molar-refractivity contribution is 8.00. The smallest absolute Gasteiger partial charge is 0.251 e. The second-order valence-corrected chi connectivity index (χ2v) is 5.15. The zero-order valence-corrected chi connectivity index (χ0v) is 9.56. The molecule has 2 aliphatic heterocycles. The SMILES string of the molecule is O=C1C(N=Cc2ccccc2)[C@@H]2SCCN12. The van der Waals surface area contributed by atoms with Gasteiger partial charge in [0.2, 0.25) is 0 Å². The van der Waals surface area contributed by atoms with Crippen LogP contribution in [0.15, 0.2) is 35.3 Å². The van der Waals surface area contributed by atoms with Gasteiger partial charge in [-0.25, -0.2) is 0 Å². The van der Waals surface area contributed by atoms with Crippen LogP contribution < -0.4 is 0 Å². The van der Waals surface area contributed by atoms with Gasteiger partial charge in [0.15, 0.2) is 6.04 Å². The molecule has 0 saturated carbocycles. The van der Waals surface area contributed by atoms with E-state index in [4.69, 9.17) is 0 Å². The van der Waals surface area contributed by atoms with E-state index in [1.165, 1.54) is 0 Å². The summed E-state index contributed by atoms with van der Waals surface area (Å²) in [7, 11) is 0. The summed E-state index contributed by atoms with van der Waals surface area (Å²) in [6.45, 7) is 0.894. The fourth-order valence-electron chi connectivity index (χ4n) is 2.04. The largest absolute Gasteiger partial charge is 0.325 e. The zero-order valence-electron chi connectivity index (χ0n) is 8.74. The first-order valence-corrected chi connectivity index (χ1v) is 6.41. The normalized spacial score (nSPS) is 28.2. The second-order valence-electron chi connectivity index (χ2n) is 3.93. The molecule has 2 heterocycles. The average molecular weight is 232 g/mol. The highest BCUT2D eigenvalue weighted by Gasteiger charge is 2.50. The van der Waals surface area contributed by atoms with Crippen molar-refractivity contribution in [1.82, 2.24) is 4.90 Å². The van der Waals surface area contributed by atoms with Crippen molar-refractivity contribution in [2.75, 3.05) is 12.3 Å². The predicted molar refractivity (Wildman–Crippen MR) is 65.8 cm³/mol. The Hall–Kier alpha value is -1.29. The number of benzene rings is 1. The maximum atomic E-state index is 11.7. The van der Waals surface area contributed by atoms with Crippen molar-refractivity contribution in [2.45, 2.75) is 11.4 Å². The summed E-state index contributed by atoms with van der Waals surface area (Å²) < 4.78 is 0. The Bertz CT molecular complexity index is 432. The summed E-state index contributed by atoms with van der Waals surface area (Å²) in [4.78, 5) is 18.0. The van der Waals surface area contributed by atoms with Gasteiger partial charge in [0.05, 0.1) is 0 Å². The number of amides is 1. The molecule has 1 amide bonds. The molecule has 1 unspecified atom stereocenters. The molecule has 0 aromatic heterocycles. The summed E-state index contributed by atoms with van der Waals surface area (Å²) in [6.07, 6.45) is 1.80. The highest BCUT2D eigenvalue weighted by Crippen LogP contribution is 2.37. The topological polar surface area (TPSA) is 32.7 Å². The first-order chi connectivity index (χ1) is 7.86. The van der Waals surface area contributed by atoms with Gasteiger partial charge in [0.1, 0.15) is 5.37 Å². The van der Waals surface area contributed by atoms with Gasteiger partial charge in [0.25, 0.3) is 5.91 Å². The van der Waals surface area contributed by atoms with Crippen LogP contribution in [0, 0.1) is 0 Å². The third-order valence-corrected chi connectivity index (χ3v) is 4.19. The molecule has 0 N–H and O–H groups in total. The fourth-order valence-corrected chi connectivity index (χ4v) is 3.34. The van der Waals surface area contributed by atoms with Crippen molar-refractivity contribution in [2.24, 2.45) is 4.99 Å². The minimum atomic E-state index is -0.146. The molecule has 3 nitrogen and oxygen atoms in total. The van der Waals surface area contributed by atoms with E-state index in [9.17, 15) is 4.79 Å². The van der Waals surface area contributed by atoms with Gasteiger partial charge in [0, 0.05) is 18.5 Å². The van der Waals surface area contributed by atoms with E-state index in [1.807, 2.05) is 47.0 Å². The molecule has 16 heavy (non-hydrogen) atoms. The van der Waals surface area contributed by atoms with E-state index in [2.05, 4.69) is 4.99 Å². The van der Waals surface area contributed by atoms with Crippen molar-refractivity contribution in [3.05, 3.63) is 35.9 Å². The molecule has 1 aromatic rings. The summed E-state index contributed by atoms with van der Waals surface area (Å²) in [6, 6.07) is 9.76. The van der Waals surface area contributed by atoms with Crippen LogP contribution in [0.2, 0.25) is 0 Å². The fraction of sp³-hybridized carbons (Fsp3) is 0.333. The molecular formula is C12H12N2OS. The van der Waals surface area contributed by atoms with Gasteiger partial charge < -0.3 is 4.90 Å². The van der Waals surface area contributed by atoms with Crippen LogP contribution in [0.5, 0.6) is 0 Å². The number of thioether (sulfide) groups is 1. The monoisotopic (exact) mass is 232 g/mol.